The van der Waals surface area contributed by atoms with E-state index in [0.717, 1.165) is 39.5 Å². The van der Waals surface area contributed by atoms with Gasteiger partial charge in [0.15, 0.2) is 16.6 Å². The summed E-state index contributed by atoms with van der Waals surface area (Å²) in [5.74, 6) is 2.92. The van der Waals surface area contributed by atoms with Crippen molar-refractivity contribution < 1.29 is 0 Å². The summed E-state index contributed by atoms with van der Waals surface area (Å²) in [7, 11) is 0. The Hall–Kier alpha value is -1.57. The summed E-state index contributed by atoms with van der Waals surface area (Å²) in [6.45, 7) is 0. The number of nitrogens with zero attached hydrogens (tertiary/aromatic N) is 4. The molecule has 0 radical (unpaired) electrons. The Balaban J connectivity index is 1.88. The first-order valence-electron chi connectivity index (χ1n) is 7.03. The summed E-state index contributed by atoms with van der Waals surface area (Å²) in [6, 6.07) is 12.4. The van der Waals surface area contributed by atoms with Crippen LogP contribution >= 0.6 is 23.5 Å². The fourth-order valence-corrected chi connectivity index (χ4v) is 3.82. The molecule has 2 aromatic heterocycles. The van der Waals surface area contributed by atoms with E-state index in [2.05, 4.69) is 27.4 Å². The molecule has 7 heteroatoms. The molecule has 1 N–H and O–H groups in total. The highest BCUT2D eigenvalue weighted by Gasteiger charge is 2.23. The zero-order valence-corrected chi connectivity index (χ0v) is 13.7. The predicted octanol–water partition coefficient (Wildman–Crippen LogP) is 2.85. The maximum absolute atomic E-state index is 4.74. The van der Waals surface area contributed by atoms with Gasteiger partial charge in [-0.1, -0.05) is 42.1 Å². The summed E-state index contributed by atoms with van der Waals surface area (Å²) in [5.41, 5.74) is 2.88. The van der Waals surface area contributed by atoms with Crippen LogP contribution in [0.15, 0.2) is 41.6 Å². The molecular weight excluding hydrogens is 314 g/mol. The van der Waals surface area contributed by atoms with Crippen molar-refractivity contribution >= 4 is 29.2 Å². The number of benzene rings is 1. The lowest BCUT2D eigenvalue weighted by molar-refractivity contribution is 0.588. The number of aromatic nitrogens is 4. The van der Waals surface area contributed by atoms with Crippen LogP contribution in [0.1, 0.15) is 11.9 Å². The number of hydrogen-bond donors (Lipinski definition) is 1. The third kappa shape index (κ3) is 2.49. The van der Waals surface area contributed by atoms with Crippen LogP contribution in [0.3, 0.4) is 0 Å². The molecule has 0 spiro atoms. The monoisotopic (exact) mass is 329 g/mol. The van der Waals surface area contributed by atoms with Crippen LogP contribution in [-0.2, 0) is 0 Å². The zero-order chi connectivity index (χ0) is 14.9. The quantitative estimate of drug-likeness (QED) is 0.746. The molecular formula is C15H15N5S2. The van der Waals surface area contributed by atoms with Gasteiger partial charge in [0.05, 0.1) is 11.7 Å². The minimum Gasteiger partial charge on any atom is -0.298 e. The van der Waals surface area contributed by atoms with Gasteiger partial charge in [0.1, 0.15) is 0 Å². The molecule has 3 aromatic rings. The zero-order valence-electron chi connectivity index (χ0n) is 12.1. The van der Waals surface area contributed by atoms with E-state index in [1.165, 1.54) is 0 Å². The van der Waals surface area contributed by atoms with E-state index in [1.807, 2.05) is 46.8 Å². The highest BCUT2D eigenvalue weighted by Crippen LogP contribution is 2.26. The molecule has 1 unspecified atom stereocenters. The normalized spacial score (nSPS) is 18.1. The van der Waals surface area contributed by atoms with Crippen molar-refractivity contribution in [2.24, 2.45) is 0 Å². The molecule has 1 fully saturated rings. The van der Waals surface area contributed by atoms with Crippen LogP contribution in [0.2, 0.25) is 0 Å². The Morgan fingerprint density at radius 2 is 2.14 bits per heavy atom. The van der Waals surface area contributed by atoms with E-state index in [4.69, 9.17) is 5.10 Å². The van der Waals surface area contributed by atoms with Gasteiger partial charge in [0.2, 0.25) is 0 Å². The van der Waals surface area contributed by atoms with Gasteiger partial charge in [0.25, 0.3) is 0 Å². The molecule has 0 bridgehead atoms. The van der Waals surface area contributed by atoms with E-state index < -0.39 is 0 Å². The summed E-state index contributed by atoms with van der Waals surface area (Å²) >= 11 is 3.45. The molecule has 1 aliphatic rings. The van der Waals surface area contributed by atoms with Crippen LogP contribution in [-0.4, -0.2) is 37.5 Å². The van der Waals surface area contributed by atoms with Crippen molar-refractivity contribution in [2.75, 3.05) is 17.9 Å². The van der Waals surface area contributed by atoms with E-state index in [1.54, 1.807) is 11.8 Å². The molecule has 1 aliphatic heterocycles. The molecule has 112 valence electrons. The lowest BCUT2D eigenvalue weighted by atomic mass is 10.2. The average molecular weight is 329 g/mol. The van der Waals surface area contributed by atoms with Gasteiger partial charge in [-0.25, -0.2) is 9.97 Å². The van der Waals surface area contributed by atoms with E-state index in [0.29, 0.717) is 0 Å². The lowest BCUT2D eigenvalue weighted by Crippen LogP contribution is -2.20. The molecule has 0 saturated carbocycles. The van der Waals surface area contributed by atoms with Crippen LogP contribution < -0.4 is 5.32 Å². The lowest BCUT2D eigenvalue weighted by Gasteiger charge is -2.11. The highest BCUT2D eigenvalue weighted by atomic mass is 32.2. The van der Waals surface area contributed by atoms with Crippen molar-refractivity contribution in [1.29, 1.82) is 0 Å². The van der Waals surface area contributed by atoms with Gasteiger partial charge >= 0.3 is 0 Å². The molecule has 0 aliphatic carbocycles. The fourth-order valence-electron chi connectivity index (χ4n) is 2.52. The molecule has 1 saturated heterocycles. The number of hydrogen-bond acceptors (Lipinski definition) is 6. The highest BCUT2D eigenvalue weighted by molar-refractivity contribution is 7.99. The van der Waals surface area contributed by atoms with E-state index in [9.17, 15) is 0 Å². The van der Waals surface area contributed by atoms with Crippen molar-refractivity contribution in [1.82, 2.24) is 24.9 Å². The maximum Gasteiger partial charge on any atom is 0.191 e. The Morgan fingerprint density at radius 1 is 1.27 bits per heavy atom. The maximum atomic E-state index is 4.74. The van der Waals surface area contributed by atoms with Crippen LogP contribution in [0.4, 0.5) is 0 Å². The largest absolute Gasteiger partial charge is 0.298 e. The standard InChI is InChI=1S/C15H15N5S2/c1-21-15-17-13-7-11(10-5-3-2-4-6-10)19-20(13)14(18-15)12-8-22-9-16-12/h2-7,12,16H,8-9H2,1H3. The second-order valence-electron chi connectivity index (χ2n) is 5.01. The van der Waals surface area contributed by atoms with E-state index in [-0.39, 0.29) is 6.04 Å². The van der Waals surface area contributed by atoms with Crippen LogP contribution in [0.5, 0.6) is 0 Å². The van der Waals surface area contributed by atoms with Crippen molar-refractivity contribution in [3.63, 3.8) is 0 Å². The Labute approximate surface area is 136 Å². The molecule has 4 rings (SSSR count). The molecule has 1 atom stereocenters. The second-order valence-corrected chi connectivity index (χ2v) is 6.81. The fraction of sp³-hybridized carbons (Fsp3) is 0.267. The van der Waals surface area contributed by atoms with Gasteiger partial charge < -0.3 is 0 Å². The Bertz CT molecular complexity index is 796. The van der Waals surface area contributed by atoms with Crippen LogP contribution in [0.25, 0.3) is 16.9 Å². The Morgan fingerprint density at radius 3 is 2.86 bits per heavy atom. The summed E-state index contributed by atoms with van der Waals surface area (Å²) in [6.07, 6.45) is 2.00. The van der Waals surface area contributed by atoms with Crippen LogP contribution in [0, 0.1) is 0 Å². The third-order valence-corrected chi connectivity index (χ3v) is 5.10. The minimum absolute atomic E-state index is 0.227. The average Bonchev–Trinajstić information content (AvgIpc) is 3.24. The van der Waals surface area contributed by atoms with Gasteiger partial charge in [-0.2, -0.15) is 9.61 Å². The number of thioether (sulfide) groups is 2. The molecule has 22 heavy (non-hydrogen) atoms. The number of fused-ring (bicyclic) bond motifs is 1. The number of nitrogens with one attached hydrogen (secondary N) is 1. The smallest absolute Gasteiger partial charge is 0.191 e. The second kappa shape index (κ2) is 5.91. The van der Waals surface area contributed by atoms with Crippen molar-refractivity contribution in [3.8, 4) is 11.3 Å². The first-order valence-corrected chi connectivity index (χ1v) is 9.41. The number of rotatable bonds is 3. The van der Waals surface area contributed by atoms with Crippen molar-refractivity contribution in [2.45, 2.75) is 11.2 Å². The summed E-state index contributed by atoms with van der Waals surface area (Å²) in [4.78, 5) is 9.27. The predicted molar refractivity (Wildman–Crippen MR) is 91.2 cm³/mol. The van der Waals surface area contributed by atoms with Gasteiger partial charge in [-0.05, 0) is 6.26 Å². The SMILES string of the molecule is CSc1nc(C2CSCN2)n2nc(-c3ccccc3)cc2n1. The summed E-state index contributed by atoms with van der Waals surface area (Å²) in [5, 5.41) is 9.00. The summed E-state index contributed by atoms with van der Waals surface area (Å²) < 4.78 is 1.88. The van der Waals surface area contributed by atoms with Gasteiger partial charge in [-0.15, -0.1) is 11.8 Å². The minimum atomic E-state index is 0.227. The first-order chi connectivity index (χ1) is 10.8. The van der Waals surface area contributed by atoms with Gasteiger partial charge in [-0.3, -0.25) is 5.32 Å². The molecule has 5 nitrogen and oxygen atoms in total. The first kappa shape index (κ1) is 14.0. The van der Waals surface area contributed by atoms with E-state index >= 15 is 0 Å². The molecule has 0 amide bonds. The Kier molecular flexibility index (Phi) is 3.77. The molecule has 3 heterocycles. The third-order valence-electron chi connectivity index (χ3n) is 3.61. The topological polar surface area (TPSA) is 55.1 Å². The molecule has 1 aromatic carbocycles. The van der Waals surface area contributed by atoms with Gasteiger partial charge in [0, 0.05) is 23.3 Å². The van der Waals surface area contributed by atoms with Crippen molar-refractivity contribution in [3.05, 3.63) is 42.2 Å².